The topological polar surface area (TPSA) is 6.48 Å². The van der Waals surface area contributed by atoms with Gasteiger partial charge in [-0.05, 0) is 116 Å². The standard InChI is InChI=1S/C60H44N2/c1-3-43-19-23-45(24-20-43)47-27-35-53(36-28-47)61(59-17-9-13-51-11-5-7-15-57(51)59)55-39-31-49(32-40-55)50-33-41-56(42-34-50)62(60-18-10-14-52-12-6-8-16-58(52)60)54-37-29-48(30-38-54)46-25-21-44(4-2)22-26-46/h3-42H,1-2H2. The van der Waals surface area contributed by atoms with Gasteiger partial charge in [-0.15, -0.1) is 0 Å². The van der Waals surface area contributed by atoms with Gasteiger partial charge in [0.1, 0.15) is 0 Å². The van der Waals surface area contributed by atoms with Crippen molar-refractivity contribution in [1.82, 2.24) is 0 Å². The number of rotatable bonds is 11. The lowest BCUT2D eigenvalue weighted by Gasteiger charge is -2.28. The lowest BCUT2D eigenvalue weighted by molar-refractivity contribution is 1.29. The highest BCUT2D eigenvalue weighted by molar-refractivity contribution is 6.00. The fourth-order valence-electron chi connectivity index (χ4n) is 8.50. The van der Waals surface area contributed by atoms with Crippen LogP contribution in [0.25, 0.3) is 67.1 Å². The van der Waals surface area contributed by atoms with E-state index < -0.39 is 0 Å². The third-order valence-electron chi connectivity index (χ3n) is 11.8. The number of anilines is 6. The van der Waals surface area contributed by atoms with Crippen LogP contribution in [-0.2, 0) is 0 Å². The summed E-state index contributed by atoms with van der Waals surface area (Å²) < 4.78 is 0. The van der Waals surface area contributed by atoms with Crippen LogP contribution in [0, 0.1) is 0 Å². The summed E-state index contributed by atoms with van der Waals surface area (Å²) in [7, 11) is 0. The van der Waals surface area contributed by atoms with Crippen molar-refractivity contribution in [2.45, 2.75) is 0 Å². The molecule has 62 heavy (non-hydrogen) atoms. The molecule has 2 nitrogen and oxygen atoms in total. The highest BCUT2D eigenvalue weighted by Crippen LogP contribution is 2.42. The fourth-order valence-corrected chi connectivity index (χ4v) is 8.50. The summed E-state index contributed by atoms with van der Waals surface area (Å²) in [6, 6.07) is 83.0. The average Bonchev–Trinajstić information content (AvgIpc) is 3.35. The van der Waals surface area contributed by atoms with Gasteiger partial charge in [-0.2, -0.15) is 0 Å². The van der Waals surface area contributed by atoms with Gasteiger partial charge in [0.2, 0.25) is 0 Å². The third kappa shape index (κ3) is 7.47. The van der Waals surface area contributed by atoms with Crippen molar-refractivity contribution in [2.75, 3.05) is 9.80 Å². The minimum absolute atomic E-state index is 1.09. The summed E-state index contributed by atoms with van der Waals surface area (Å²) in [5, 5.41) is 4.81. The second kappa shape index (κ2) is 16.8. The van der Waals surface area contributed by atoms with Gasteiger partial charge < -0.3 is 9.80 Å². The maximum absolute atomic E-state index is 3.91. The molecule has 0 fully saturated rings. The Labute approximate surface area is 364 Å². The summed E-state index contributed by atoms with van der Waals surface area (Å²) in [6.07, 6.45) is 3.76. The molecule has 10 aromatic rings. The highest BCUT2D eigenvalue weighted by Gasteiger charge is 2.18. The van der Waals surface area contributed by atoms with Crippen molar-refractivity contribution < 1.29 is 0 Å². The number of benzene rings is 10. The van der Waals surface area contributed by atoms with Crippen molar-refractivity contribution in [3.05, 3.63) is 255 Å². The molecular weight excluding hydrogens is 749 g/mol. The minimum atomic E-state index is 1.09. The molecule has 0 saturated carbocycles. The van der Waals surface area contributed by atoms with E-state index in [1.165, 1.54) is 43.8 Å². The monoisotopic (exact) mass is 792 g/mol. The van der Waals surface area contributed by atoms with Gasteiger partial charge in [0.25, 0.3) is 0 Å². The molecule has 0 heterocycles. The highest BCUT2D eigenvalue weighted by atomic mass is 15.1. The Morgan fingerprint density at radius 2 is 0.516 bits per heavy atom. The Morgan fingerprint density at radius 3 is 0.806 bits per heavy atom. The van der Waals surface area contributed by atoms with E-state index in [1.54, 1.807) is 0 Å². The van der Waals surface area contributed by atoms with Gasteiger partial charge in [-0.25, -0.2) is 0 Å². The fraction of sp³-hybridized carbons (Fsp3) is 0. The van der Waals surface area contributed by atoms with Crippen LogP contribution in [0.3, 0.4) is 0 Å². The van der Waals surface area contributed by atoms with E-state index in [0.717, 1.165) is 56.4 Å². The zero-order valence-electron chi connectivity index (χ0n) is 34.4. The Morgan fingerprint density at radius 1 is 0.258 bits per heavy atom. The van der Waals surface area contributed by atoms with Gasteiger partial charge in [0.15, 0.2) is 0 Å². The summed E-state index contributed by atoms with van der Waals surface area (Å²) in [4.78, 5) is 4.73. The van der Waals surface area contributed by atoms with Crippen LogP contribution in [0.5, 0.6) is 0 Å². The summed E-state index contributed by atoms with van der Waals surface area (Å²) in [5.74, 6) is 0. The van der Waals surface area contributed by atoms with Gasteiger partial charge in [-0.1, -0.05) is 195 Å². The first-order valence-electron chi connectivity index (χ1n) is 21.1. The molecule has 294 valence electrons. The Balaban J connectivity index is 0.990. The zero-order valence-corrected chi connectivity index (χ0v) is 34.4. The lowest BCUT2D eigenvalue weighted by atomic mass is 10.0. The first-order valence-corrected chi connectivity index (χ1v) is 21.1. The minimum Gasteiger partial charge on any atom is -0.310 e. The van der Waals surface area contributed by atoms with Gasteiger partial charge >= 0.3 is 0 Å². The summed E-state index contributed by atoms with van der Waals surface area (Å²) in [5.41, 5.74) is 15.9. The normalized spacial score (nSPS) is 11.0. The summed E-state index contributed by atoms with van der Waals surface area (Å²) >= 11 is 0. The molecular formula is C60H44N2. The van der Waals surface area contributed by atoms with E-state index in [1.807, 2.05) is 12.2 Å². The second-order valence-corrected chi connectivity index (χ2v) is 15.5. The van der Waals surface area contributed by atoms with Crippen molar-refractivity contribution in [3.8, 4) is 33.4 Å². The van der Waals surface area contributed by atoms with E-state index >= 15 is 0 Å². The molecule has 0 saturated heterocycles. The van der Waals surface area contributed by atoms with Crippen molar-refractivity contribution in [1.29, 1.82) is 0 Å². The first kappa shape index (κ1) is 38.0. The molecule has 0 aliphatic rings. The number of hydrogen-bond acceptors (Lipinski definition) is 2. The Bertz CT molecular complexity index is 2930. The predicted octanol–water partition coefficient (Wildman–Crippen LogP) is 17.2. The van der Waals surface area contributed by atoms with Crippen LogP contribution in [0.4, 0.5) is 34.1 Å². The third-order valence-corrected chi connectivity index (χ3v) is 11.8. The Kier molecular flexibility index (Phi) is 10.3. The van der Waals surface area contributed by atoms with Gasteiger partial charge in [0.05, 0.1) is 11.4 Å². The van der Waals surface area contributed by atoms with E-state index in [-0.39, 0.29) is 0 Å². The smallest absolute Gasteiger partial charge is 0.0540 e. The van der Waals surface area contributed by atoms with E-state index in [2.05, 4.69) is 253 Å². The summed E-state index contributed by atoms with van der Waals surface area (Å²) in [6.45, 7) is 7.82. The molecule has 0 spiro atoms. The molecule has 0 N–H and O–H groups in total. The molecule has 0 aliphatic heterocycles. The van der Waals surface area contributed by atoms with Gasteiger partial charge in [0, 0.05) is 33.5 Å². The van der Waals surface area contributed by atoms with E-state index in [4.69, 9.17) is 0 Å². The van der Waals surface area contributed by atoms with Crippen molar-refractivity contribution in [3.63, 3.8) is 0 Å². The molecule has 0 aromatic heterocycles. The molecule has 0 unspecified atom stereocenters. The average molecular weight is 793 g/mol. The molecule has 10 aromatic carbocycles. The molecule has 0 atom stereocenters. The predicted molar refractivity (Wildman–Crippen MR) is 267 cm³/mol. The quantitative estimate of drug-likeness (QED) is 0.129. The van der Waals surface area contributed by atoms with Gasteiger partial charge in [-0.3, -0.25) is 0 Å². The lowest BCUT2D eigenvalue weighted by Crippen LogP contribution is -2.10. The van der Waals surface area contributed by atoms with Crippen LogP contribution in [0.2, 0.25) is 0 Å². The number of nitrogens with zero attached hydrogens (tertiary/aromatic N) is 2. The molecule has 0 bridgehead atoms. The van der Waals surface area contributed by atoms with Crippen LogP contribution in [0.15, 0.2) is 244 Å². The van der Waals surface area contributed by atoms with Crippen molar-refractivity contribution >= 4 is 67.8 Å². The van der Waals surface area contributed by atoms with Crippen LogP contribution in [-0.4, -0.2) is 0 Å². The molecule has 0 radical (unpaired) electrons. The van der Waals surface area contributed by atoms with E-state index in [9.17, 15) is 0 Å². The van der Waals surface area contributed by atoms with Crippen LogP contribution in [0.1, 0.15) is 11.1 Å². The number of hydrogen-bond donors (Lipinski definition) is 0. The zero-order chi connectivity index (χ0) is 41.8. The first-order chi connectivity index (χ1) is 30.6. The molecule has 0 aliphatic carbocycles. The molecule has 2 heteroatoms. The SMILES string of the molecule is C=Cc1ccc(-c2ccc(N(c3ccc(-c4ccc(N(c5ccc(-c6ccc(C=C)cc6)cc5)c5cccc6ccccc56)cc4)cc3)c3cccc4ccccc34)cc2)cc1. The maximum Gasteiger partial charge on any atom is 0.0540 e. The van der Waals surface area contributed by atoms with Crippen molar-refractivity contribution in [2.24, 2.45) is 0 Å². The van der Waals surface area contributed by atoms with Crippen LogP contribution >= 0.6 is 0 Å². The van der Waals surface area contributed by atoms with E-state index in [0.29, 0.717) is 0 Å². The molecule has 10 rings (SSSR count). The van der Waals surface area contributed by atoms with Crippen LogP contribution < -0.4 is 9.80 Å². The molecule has 0 amide bonds. The second-order valence-electron chi connectivity index (χ2n) is 15.5. The number of fused-ring (bicyclic) bond motifs is 2. The maximum atomic E-state index is 3.91. The Hall–Kier alpha value is -8.20. The largest absolute Gasteiger partial charge is 0.310 e.